The molecule has 2 rings (SSSR count). The number of aliphatic hydroxyl groups is 1. The van der Waals surface area contributed by atoms with Gasteiger partial charge in [0.1, 0.15) is 6.29 Å². The van der Waals surface area contributed by atoms with Crippen LogP contribution < -0.4 is 10.6 Å². The molecule has 3 N–H and O–H groups in total. The van der Waals surface area contributed by atoms with Crippen LogP contribution in [-0.2, 0) is 5.72 Å². The summed E-state index contributed by atoms with van der Waals surface area (Å²) in [7, 11) is 0. The van der Waals surface area contributed by atoms with E-state index in [2.05, 4.69) is 10.6 Å². The molecule has 80 valence electrons. The average molecular weight is 206 g/mol. The van der Waals surface area contributed by atoms with Crippen molar-refractivity contribution in [2.24, 2.45) is 0 Å². The van der Waals surface area contributed by atoms with Gasteiger partial charge in [-0.2, -0.15) is 0 Å². The number of benzene rings is 1. The number of piperazine rings is 1. The molecule has 1 fully saturated rings. The first-order valence-corrected chi connectivity index (χ1v) is 4.98. The minimum atomic E-state index is -1.01. The highest BCUT2D eigenvalue weighted by Gasteiger charge is 2.30. The Morgan fingerprint density at radius 3 is 2.53 bits per heavy atom. The molecule has 0 radical (unpaired) electrons. The van der Waals surface area contributed by atoms with E-state index in [1.165, 1.54) is 0 Å². The molecule has 1 heterocycles. The molecule has 0 unspecified atom stereocenters. The van der Waals surface area contributed by atoms with Gasteiger partial charge >= 0.3 is 0 Å². The highest BCUT2D eigenvalue weighted by atomic mass is 16.3. The number of β-amino-alcohol motifs (C(OH)–C–C–N with tert-alkyl or cyclic N) is 1. The predicted molar refractivity (Wildman–Crippen MR) is 56.6 cm³/mol. The smallest absolute Gasteiger partial charge is 0.154 e. The summed E-state index contributed by atoms with van der Waals surface area (Å²) in [6.45, 7) is 2.06. The van der Waals surface area contributed by atoms with Crippen LogP contribution in [0.2, 0.25) is 0 Å². The van der Waals surface area contributed by atoms with Gasteiger partial charge in [-0.25, -0.2) is 0 Å². The quantitative estimate of drug-likeness (QED) is 0.588. The lowest BCUT2D eigenvalue weighted by molar-refractivity contribution is -0.0113. The van der Waals surface area contributed by atoms with E-state index < -0.39 is 5.72 Å². The monoisotopic (exact) mass is 206 g/mol. The van der Waals surface area contributed by atoms with Crippen molar-refractivity contribution in [3.8, 4) is 0 Å². The van der Waals surface area contributed by atoms with Crippen molar-refractivity contribution in [3.63, 3.8) is 0 Å². The zero-order valence-corrected chi connectivity index (χ0v) is 8.36. The second kappa shape index (κ2) is 4.10. The summed E-state index contributed by atoms with van der Waals surface area (Å²) in [6, 6.07) is 6.95. The Kier molecular flexibility index (Phi) is 2.81. The van der Waals surface area contributed by atoms with E-state index in [4.69, 9.17) is 0 Å². The number of nitrogens with one attached hydrogen (secondary N) is 2. The molecular weight excluding hydrogens is 192 g/mol. The van der Waals surface area contributed by atoms with Gasteiger partial charge in [0.25, 0.3) is 0 Å². The van der Waals surface area contributed by atoms with E-state index >= 15 is 0 Å². The summed E-state index contributed by atoms with van der Waals surface area (Å²) in [5.74, 6) is 0. The molecule has 0 saturated carbocycles. The van der Waals surface area contributed by atoms with E-state index in [9.17, 15) is 9.90 Å². The highest BCUT2D eigenvalue weighted by molar-refractivity contribution is 5.74. The van der Waals surface area contributed by atoms with Gasteiger partial charge in [0, 0.05) is 25.2 Å². The Labute approximate surface area is 88.3 Å². The van der Waals surface area contributed by atoms with Crippen LogP contribution in [0, 0.1) is 0 Å². The zero-order chi connectivity index (χ0) is 10.7. The Morgan fingerprint density at radius 1 is 1.27 bits per heavy atom. The van der Waals surface area contributed by atoms with Crippen molar-refractivity contribution >= 4 is 6.29 Å². The van der Waals surface area contributed by atoms with Crippen LogP contribution in [0.25, 0.3) is 0 Å². The molecule has 15 heavy (non-hydrogen) atoms. The molecule has 4 nitrogen and oxygen atoms in total. The van der Waals surface area contributed by atoms with Gasteiger partial charge in [-0.3, -0.25) is 10.1 Å². The minimum absolute atomic E-state index is 0.480. The Morgan fingerprint density at radius 2 is 2.00 bits per heavy atom. The van der Waals surface area contributed by atoms with Gasteiger partial charge in [0.05, 0.1) is 0 Å². The van der Waals surface area contributed by atoms with Gasteiger partial charge in [-0.05, 0) is 5.56 Å². The van der Waals surface area contributed by atoms with Crippen LogP contribution in [0.4, 0.5) is 0 Å². The minimum Gasteiger partial charge on any atom is -0.370 e. The lowest BCUT2D eigenvalue weighted by Gasteiger charge is -2.34. The zero-order valence-electron chi connectivity index (χ0n) is 8.36. The fraction of sp³-hybridized carbons (Fsp3) is 0.364. The van der Waals surface area contributed by atoms with Crippen LogP contribution in [0.3, 0.4) is 0 Å². The maximum absolute atomic E-state index is 10.5. The van der Waals surface area contributed by atoms with Gasteiger partial charge in [0.15, 0.2) is 5.72 Å². The topological polar surface area (TPSA) is 61.4 Å². The van der Waals surface area contributed by atoms with Crippen molar-refractivity contribution in [1.29, 1.82) is 0 Å². The highest BCUT2D eigenvalue weighted by Crippen LogP contribution is 2.18. The second-order valence-electron chi connectivity index (χ2n) is 3.70. The summed E-state index contributed by atoms with van der Waals surface area (Å²) >= 11 is 0. The maximum atomic E-state index is 10.5. The third-order valence-corrected chi connectivity index (χ3v) is 2.62. The summed E-state index contributed by atoms with van der Waals surface area (Å²) in [4.78, 5) is 10.5. The molecule has 0 bridgehead atoms. The first-order chi connectivity index (χ1) is 7.24. The Hall–Kier alpha value is -1.23. The van der Waals surface area contributed by atoms with Crippen LogP contribution >= 0.6 is 0 Å². The summed E-state index contributed by atoms with van der Waals surface area (Å²) in [5.41, 5.74) is 0.381. The van der Waals surface area contributed by atoms with Gasteiger partial charge in [-0.1, -0.05) is 24.3 Å². The van der Waals surface area contributed by atoms with Crippen molar-refractivity contribution in [3.05, 3.63) is 35.4 Å². The van der Waals surface area contributed by atoms with E-state index in [0.717, 1.165) is 24.9 Å². The second-order valence-corrected chi connectivity index (χ2v) is 3.70. The normalized spacial score (nSPS) is 26.2. The van der Waals surface area contributed by atoms with Crippen molar-refractivity contribution in [2.75, 3.05) is 19.6 Å². The Bertz CT molecular complexity index is 342. The van der Waals surface area contributed by atoms with Crippen molar-refractivity contribution < 1.29 is 9.90 Å². The summed E-state index contributed by atoms with van der Waals surface area (Å²) in [5, 5.41) is 16.4. The SMILES string of the molecule is O=Cc1ccc([C@@]2(O)CNCCN2)cc1. The molecule has 0 spiro atoms. The summed E-state index contributed by atoms with van der Waals surface area (Å²) < 4.78 is 0. The van der Waals surface area contributed by atoms with Crippen LogP contribution in [0.15, 0.2) is 24.3 Å². The van der Waals surface area contributed by atoms with E-state index in [1.54, 1.807) is 24.3 Å². The molecule has 1 aliphatic heterocycles. The lowest BCUT2D eigenvalue weighted by Crippen LogP contribution is -2.56. The van der Waals surface area contributed by atoms with Crippen LogP contribution in [-0.4, -0.2) is 31.0 Å². The molecule has 1 atom stereocenters. The van der Waals surface area contributed by atoms with E-state index in [-0.39, 0.29) is 0 Å². The largest absolute Gasteiger partial charge is 0.370 e. The number of hydrogen-bond donors (Lipinski definition) is 3. The van der Waals surface area contributed by atoms with Crippen molar-refractivity contribution in [1.82, 2.24) is 10.6 Å². The third kappa shape index (κ3) is 2.07. The Balaban J connectivity index is 2.23. The molecular formula is C11H14N2O2. The first kappa shape index (κ1) is 10.3. The first-order valence-electron chi connectivity index (χ1n) is 4.98. The van der Waals surface area contributed by atoms with Gasteiger partial charge < -0.3 is 10.4 Å². The molecule has 0 aliphatic carbocycles. The molecule has 1 aromatic rings. The predicted octanol–water partition coefficient (Wildman–Crippen LogP) is -0.163. The van der Waals surface area contributed by atoms with Gasteiger partial charge in [-0.15, -0.1) is 0 Å². The van der Waals surface area contributed by atoms with Gasteiger partial charge in [0.2, 0.25) is 0 Å². The molecule has 4 heteroatoms. The van der Waals surface area contributed by atoms with Crippen LogP contribution in [0.1, 0.15) is 15.9 Å². The summed E-state index contributed by atoms with van der Waals surface area (Å²) in [6.07, 6.45) is 0.792. The molecule has 0 aromatic heterocycles. The fourth-order valence-corrected chi connectivity index (χ4v) is 1.73. The van der Waals surface area contributed by atoms with E-state index in [0.29, 0.717) is 12.1 Å². The molecule has 1 aliphatic rings. The molecule has 0 amide bonds. The standard InChI is InChI=1S/C11H14N2O2/c14-7-9-1-3-10(4-2-9)11(15)8-12-5-6-13-11/h1-4,7,12-13,15H,5-6,8H2/t11-/m0/s1. The molecule has 1 saturated heterocycles. The third-order valence-electron chi connectivity index (χ3n) is 2.62. The van der Waals surface area contributed by atoms with Crippen molar-refractivity contribution in [2.45, 2.75) is 5.72 Å². The number of carbonyl (C=O) groups is 1. The van der Waals surface area contributed by atoms with Crippen LogP contribution in [0.5, 0.6) is 0 Å². The lowest BCUT2D eigenvalue weighted by atomic mass is 10.00. The number of rotatable bonds is 2. The molecule has 1 aromatic carbocycles. The maximum Gasteiger partial charge on any atom is 0.154 e. The average Bonchev–Trinajstić information content (AvgIpc) is 2.30. The van der Waals surface area contributed by atoms with E-state index in [1.807, 2.05) is 0 Å². The number of hydrogen-bond acceptors (Lipinski definition) is 4. The fourth-order valence-electron chi connectivity index (χ4n) is 1.73. The number of aldehydes is 1. The number of carbonyl (C=O) groups excluding carboxylic acids is 1.